The van der Waals surface area contributed by atoms with E-state index >= 15 is 0 Å². The van der Waals surface area contributed by atoms with Gasteiger partial charge in [-0.05, 0) is 38.1 Å². The van der Waals surface area contributed by atoms with Crippen LogP contribution in [0.1, 0.15) is 43.8 Å². The van der Waals surface area contributed by atoms with Crippen molar-refractivity contribution in [1.82, 2.24) is 9.88 Å². The molecule has 1 aromatic rings. The van der Waals surface area contributed by atoms with E-state index < -0.39 is 5.97 Å². The number of aliphatic carboxylic acids is 1. The van der Waals surface area contributed by atoms with E-state index in [0.29, 0.717) is 12.5 Å². The fraction of sp³-hybridized carbons (Fsp3) is 0.714. The molecule has 0 aliphatic carbocycles. The predicted molar refractivity (Wildman–Crippen MR) is 76.3 cm³/mol. The van der Waals surface area contributed by atoms with Gasteiger partial charge in [-0.3, -0.25) is 9.69 Å². The van der Waals surface area contributed by atoms with Crippen LogP contribution in [0.4, 0.5) is 0 Å². The lowest BCUT2D eigenvalue weighted by Gasteiger charge is -2.19. The zero-order valence-corrected chi connectivity index (χ0v) is 12.4. The standard InChI is InChI=1S/C14H22N2O2S/c1-10(2)5-6-13-15-11(9-19-13)8-16-7-3-4-12(16)14(17)18/h9-10,12H,3-8H2,1-2H3,(H,17,18)/t12-/m0/s1. The van der Waals surface area contributed by atoms with Gasteiger partial charge in [-0.15, -0.1) is 11.3 Å². The van der Waals surface area contributed by atoms with Gasteiger partial charge in [0.2, 0.25) is 0 Å². The fourth-order valence-corrected chi connectivity index (χ4v) is 3.26. The summed E-state index contributed by atoms with van der Waals surface area (Å²) in [6, 6.07) is -0.319. The van der Waals surface area contributed by atoms with Crippen LogP contribution in [-0.4, -0.2) is 33.5 Å². The van der Waals surface area contributed by atoms with Crippen molar-refractivity contribution < 1.29 is 9.90 Å². The topological polar surface area (TPSA) is 53.4 Å². The number of thiazole rings is 1. The van der Waals surface area contributed by atoms with Crippen molar-refractivity contribution >= 4 is 17.3 Å². The van der Waals surface area contributed by atoms with Gasteiger partial charge >= 0.3 is 5.97 Å². The molecule has 1 aromatic heterocycles. The van der Waals surface area contributed by atoms with Gasteiger partial charge in [-0.1, -0.05) is 13.8 Å². The molecule has 1 atom stereocenters. The second-order valence-electron chi connectivity index (χ2n) is 5.63. The molecule has 1 fully saturated rings. The van der Waals surface area contributed by atoms with Crippen LogP contribution in [0.5, 0.6) is 0 Å². The summed E-state index contributed by atoms with van der Waals surface area (Å²) < 4.78 is 0. The van der Waals surface area contributed by atoms with Gasteiger partial charge in [-0.2, -0.15) is 0 Å². The molecule has 19 heavy (non-hydrogen) atoms. The van der Waals surface area contributed by atoms with Crippen LogP contribution < -0.4 is 0 Å². The highest BCUT2D eigenvalue weighted by Crippen LogP contribution is 2.22. The first-order valence-corrected chi connectivity index (χ1v) is 7.84. The fourth-order valence-electron chi connectivity index (χ4n) is 2.45. The molecule has 0 unspecified atom stereocenters. The number of carbonyl (C=O) groups is 1. The van der Waals surface area contributed by atoms with Gasteiger partial charge in [0.05, 0.1) is 10.7 Å². The normalized spacial score (nSPS) is 20.3. The third-order valence-corrected chi connectivity index (χ3v) is 4.51. The Bertz CT molecular complexity index is 431. The molecule has 106 valence electrons. The molecule has 1 aliphatic rings. The molecule has 0 radical (unpaired) electrons. The van der Waals surface area contributed by atoms with Crippen molar-refractivity contribution in [2.24, 2.45) is 5.92 Å². The van der Waals surface area contributed by atoms with Crippen molar-refractivity contribution in [3.63, 3.8) is 0 Å². The summed E-state index contributed by atoms with van der Waals surface area (Å²) in [5.74, 6) is -0.00455. The second kappa shape index (κ2) is 6.48. The van der Waals surface area contributed by atoms with E-state index in [1.54, 1.807) is 11.3 Å². The first-order valence-electron chi connectivity index (χ1n) is 6.96. The maximum Gasteiger partial charge on any atom is 0.320 e. The van der Waals surface area contributed by atoms with Crippen molar-refractivity contribution in [3.8, 4) is 0 Å². The van der Waals surface area contributed by atoms with E-state index in [9.17, 15) is 4.79 Å². The summed E-state index contributed by atoms with van der Waals surface area (Å²) in [6.45, 7) is 5.98. The molecule has 4 nitrogen and oxygen atoms in total. The van der Waals surface area contributed by atoms with E-state index in [4.69, 9.17) is 5.11 Å². The Balaban J connectivity index is 1.90. The van der Waals surface area contributed by atoms with E-state index in [0.717, 1.165) is 37.9 Å². The Labute approximate surface area is 118 Å². The summed E-state index contributed by atoms with van der Waals surface area (Å²) in [6.07, 6.45) is 3.93. The molecule has 0 bridgehead atoms. The predicted octanol–water partition coefficient (Wildman–Crippen LogP) is 2.78. The zero-order valence-electron chi connectivity index (χ0n) is 11.6. The molecule has 2 rings (SSSR count). The molecule has 5 heteroatoms. The third-order valence-electron chi connectivity index (χ3n) is 3.55. The number of hydrogen-bond donors (Lipinski definition) is 1. The summed E-state index contributed by atoms with van der Waals surface area (Å²) >= 11 is 1.70. The summed E-state index contributed by atoms with van der Waals surface area (Å²) in [7, 11) is 0. The van der Waals surface area contributed by atoms with Crippen LogP contribution in [0.25, 0.3) is 0 Å². The number of carboxylic acids is 1. The first kappa shape index (κ1) is 14.5. The van der Waals surface area contributed by atoms with Crippen LogP contribution >= 0.6 is 11.3 Å². The highest BCUT2D eigenvalue weighted by molar-refractivity contribution is 7.09. The summed E-state index contributed by atoms with van der Waals surface area (Å²) in [4.78, 5) is 17.8. The molecular weight excluding hydrogens is 260 g/mol. The SMILES string of the molecule is CC(C)CCc1nc(CN2CCC[C@H]2C(=O)O)cs1. The average Bonchev–Trinajstić information content (AvgIpc) is 2.96. The lowest BCUT2D eigenvalue weighted by molar-refractivity contribution is -0.142. The molecular formula is C14H22N2O2S. The Morgan fingerprint density at radius 1 is 1.63 bits per heavy atom. The van der Waals surface area contributed by atoms with Crippen molar-refractivity contribution in [2.75, 3.05) is 6.54 Å². The zero-order chi connectivity index (χ0) is 13.8. The Morgan fingerprint density at radius 2 is 2.42 bits per heavy atom. The monoisotopic (exact) mass is 282 g/mol. The van der Waals surface area contributed by atoms with E-state index in [1.807, 2.05) is 4.90 Å². The van der Waals surface area contributed by atoms with Gasteiger partial charge in [0, 0.05) is 11.9 Å². The molecule has 0 saturated carbocycles. The lowest BCUT2D eigenvalue weighted by Crippen LogP contribution is -2.35. The van der Waals surface area contributed by atoms with E-state index in [-0.39, 0.29) is 6.04 Å². The number of aromatic nitrogens is 1. The molecule has 1 N–H and O–H groups in total. The molecule has 0 spiro atoms. The summed E-state index contributed by atoms with van der Waals surface area (Å²) in [5.41, 5.74) is 1.02. The van der Waals surface area contributed by atoms with Crippen molar-refractivity contribution in [2.45, 2.75) is 52.1 Å². The average molecular weight is 282 g/mol. The van der Waals surface area contributed by atoms with Crippen LogP contribution in [0.2, 0.25) is 0 Å². The third kappa shape index (κ3) is 4.01. The van der Waals surface area contributed by atoms with Crippen LogP contribution in [0.3, 0.4) is 0 Å². The number of nitrogens with zero attached hydrogens (tertiary/aromatic N) is 2. The number of rotatable bonds is 6. The minimum absolute atomic E-state index is 0.319. The number of hydrogen-bond acceptors (Lipinski definition) is 4. The van der Waals surface area contributed by atoms with Gasteiger partial charge in [0.15, 0.2) is 0 Å². The smallest absolute Gasteiger partial charge is 0.320 e. The Kier molecular flexibility index (Phi) is 4.93. The highest BCUT2D eigenvalue weighted by Gasteiger charge is 2.30. The van der Waals surface area contributed by atoms with Crippen molar-refractivity contribution in [3.05, 3.63) is 16.1 Å². The van der Waals surface area contributed by atoms with Crippen molar-refractivity contribution in [1.29, 1.82) is 0 Å². The largest absolute Gasteiger partial charge is 0.480 e. The first-order chi connectivity index (χ1) is 9.06. The molecule has 1 saturated heterocycles. The maximum atomic E-state index is 11.1. The lowest BCUT2D eigenvalue weighted by atomic mass is 10.1. The van der Waals surface area contributed by atoms with Crippen LogP contribution in [-0.2, 0) is 17.8 Å². The molecule has 0 aromatic carbocycles. The van der Waals surface area contributed by atoms with E-state index in [1.165, 1.54) is 5.01 Å². The quantitative estimate of drug-likeness (QED) is 0.871. The van der Waals surface area contributed by atoms with Gasteiger partial charge in [-0.25, -0.2) is 4.98 Å². The molecule has 2 heterocycles. The Morgan fingerprint density at radius 3 is 3.11 bits per heavy atom. The maximum absolute atomic E-state index is 11.1. The van der Waals surface area contributed by atoms with Crippen LogP contribution in [0, 0.1) is 5.92 Å². The molecule has 0 amide bonds. The molecule has 1 aliphatic heterocycles. The highest BCUT2D eigenvalue weighted by atomic mass is 32.1. The minimum Gasteiger partial charge on any atom is -0.480 e. The number of carboxylic acid groups (broad SMARTS) is 1. The minimum atomic E-state index is -0.701. The second-order valence-corrected chi connectivity index (χ2v) is 6.57. The Hall–Kier alpha value is -0.940. The summed E-state index contributed by atoms with van der Waals surface area (Å²) in [5, 5.41) is 12.4. The van der Waals surface area contributed by atoms with Gasteiger partial charge < -0.3 is 5.11 Å². The van der Waals surface area contributed by atoms with Gasteiger partial charge in [0.25, 0.3) is 0 Å². The van der Waals surface area contributed by atoms with Gasteiger partial charge in [0.1, 0.15) is 6.04 Å². The van der Waals surface area contributed by atoms with Crippen LogP contribution in [0.15, 0.2) is 5.38 Å². The number of likely N-dealkylation sites (tertiary alicyclic amines) is 1. The van der Waals surface area contributed by atoms with E-state index in [2.05, 4.69) is 24.2 Å². The number of aryl methyl sites for hydroxylation is 1.